The fraction of sp³-hybridized carbons (Fsp3) is 0. The lowest BCUT2D eigenvalue weighted by atomic mass is 10.1. The summed E-state index contributed by atoms with van der Waals surface area (Å²) >= 11 is 0. The van der Waals surface area contributed by atoms with Gasteiger partial charge in [-0.15, -0.1) is 0 Å². The predicted octanol–water partition coefficient (Wildman–Crippen LogP) is 2.04. The van der Waals surface area contributed by atoms with E-state index < -0.39 is 5.97 Å². The van der Waals surface area contributed by atoms with Crippen molar-refractivity contribution in [3.05, 3.63) is 42.6 Å². The molecule has 2 aromatic rings. The Bertz CT molecular complexity index is 448. The third kappa shape index (κ3) is 1.37. The maximum Gasteiger partial charge on any atom is 0.337 e. The van der Waals surface area contributed by atoms with E-state index in [0.29, 0.717) is 5.56 Å². The maximum atomic E-state index is 10.8. The second kappa shape index (κ2) is 3.33. The van der Waals surface area contributed by atoms with E-state index >= 15 is 0 Å². The van der Waals surface area contributed by atoms with E-state index in [1.165, 1.54) is 18.7 Å². The molecule has 14 heavy (non-hydrogen) atoms. The highest BCUT2D eigenvalue weighted by molar-refractivity contribution is 5.95. The Hall–Kier alpha value is -2.10. The molecule has 1 N–H and O–H groups in total. The van der Waals surface area contributed by atoms with Crippen LogP contribution in [0.2, 0.25) is 0 Å². The summed E-state index contributed by atoms with van der Waals surface area (Å²) in [7, 11) is 0. The van der Waals surface area contributed by atoms with Gasteiger partial charge in [0.1, 0.15) is 0 Å². The van der Waals surface area contributed by atoms with Crippen molar-refractivity contribution in [2.24, 2.45) is 0 Å². The Balaban J connectivity index is 2.58. The van der Waals surface area contributed by atoms with Gasteiger partial charge in [-0.3, -0.25) is 4.98 Å². The first-order chi connectivity index (χ1) is 6.79. The predicted molar refractivity (Wildman–Crippen MR) is 48.9 cm³/mol. The van der Waals surface area contributed by atoms with Gasteiger partial charge in [-0.1, -0.05) is 0 Å². The van der Waals surface area contributed by atoms with Gasteiger partial charge in [-0.2, -0.15) is 0 Å². The summed E-state index contributed by atoms with van der Waals surface area (Å²) in [5, 5.41) is 8.89. The smallest absolute Gasteiger partial charge is 0.337 e. The second-order valence-electron chi connectivity index (χ2n) is 2.74. The molecule has 0 saturated heterocycles. The molecule has 0 aliphatic heterocycles. The number of pyridine rings is 1. The van der Waals surface area contributed by atoms with E-state index in [-0.39, 0.29) is 5.56 Å². The Morgan fingerprint density at radius 3 is 2.93 bits per heavy atom. The van der Waals surface area contributed by atoms with Crippen LogP contribution in [0.3, 0.4) is 0 Å². The highest BCUT2D eigenvalue weighted by Gasteiger charge is 2.11. The van der Waals surface area contributed by atoms with Crippen molar-refractivity contribution in [3.8, 4) is 11.1 Å². The van der Waals surface area contributed by atoms with Crippen molar-refractivity contribution in [2.45, 2.75) is 0 Å². The van der Waals surface area contributed by atoms with Gasteiger partial charge in [0.25, 0.3) is 0 Å². The van der Waals surface area contributed by atoms with Crippen LogP contribution in [0.5, 0.6) is 0 Å². The highest BCUT2D eigenvalue weighted by atomic mass is 16.4. The van der Waals surface area contributed by atoms with Gasteiger partial charge >= 0.3 is 5.97 Å². The van der Waals surface area contributed by atoms with Gasteiger partial charge in [0.05, 0.1) is 18.1 Å². The van der Waals surface area contributed by atoms with Crippen LogP contribution < -0.4 is 0 Å². The zero-order chi connectivity index (χ0) is 9.97. The van der Waals surface area contributed by atoms with Gasteiger partial charge in [0.2, 0.25) is 0 Å². The molecule has 70 valence electrons. The maximum absolute atomic E-state index is 10.8. The van der Waals surface area contributed by atoms with Crippen molar-refractivity contribution in [3.63, 3.8) is 0 Å². The number of furan rings is 1. The van der Waals surface area contributed by atoms with Crippen LogP contribution in [0.4, 0.5) is 0 Å². The van der Waals surface area contributed by atoms with Gasteiger partial charge in [0, 0.05) is 23.5 Å². The minimum absolute atomic E-state index is 0.175. The molecule has 4 heteroatoms. The lowest BCUT2D eigenvalue weighted by Gasteiger charge is -2.00. The van der Waals surface area contributed by atoms with Crippen molar-refractivity contribution >= 4 is 5.97 Å². The molecular formula is C10H7NO3. The molecule has 0 fully saturated rings. The fourth-order valence-electron chi connectivity index (χ4n) is 1.23. The normalized spacial score (nSPS) is 10.0. The summed E-state index contributed by atoms with van der Waals surface area (Å²) in [5.41, 5.74) is 1.53. The molecule has 2 rings (SSSR count). The van der Waals surface area contributed by atoms with E-state index in [2.05, 4.69) is 4.98 Å². The molecule has 0 aliphatic carbocycles. The second-order valence-corrected chi connectivity index (χ2v) is 2.74. The van der Waals surface area contributed by atoms with Crippen LogP contribution in [0.25, 0.3) is 11.1 Å². The average molecular weight is 189 g/mol. The topological polar surface area (TPSA) is 63.3 Å². The summed E-state index contributed by atoms with van der Waals surface area (Å²) in [6.45, 7) is 0. The van der Waals surface area contributed by atoms with Crippen molar-refractivity contribution < 1.29 is 14.3 Å². The van der Waals surface area contributed by atoms with Crippen LogP contribution in [0.15, 0.2) is 41.5 Å². The molecular weight excluding hydrogens is 182 g/mol. The summed E-state index contributed by atoms with van der Waals surface area (Å²) < 4.78 is 4.89. The summed E-state index contributed by atoms with van der Waals surface area (Å²) in [6.07, 6.45) is 5.88. The lowest BCUT2D eigenvalue weighted by molar-refractivity contribution is 0.0697. The van der Waals surface area contributed by atoms with Crippen LogP contribution in [-0.2, 0) is 0 Å². The molecule has 0 bridgehead atoms. The SMILES string of the molecule is O=C(O)c1cnccc1-c1ccoc1. The first-order valence-corrected chi connectivity index (χ1v) is 3.99. The van der Waals surface area contributed by atoms with Gasteiger partial charge in [-0.25, -0.2) is 4.79 Å². The largest absolute Gasteiger partial charge is 0.478 e. The number of rotatable bonds is 2. The zero-order valence-corrected chi connectivity index (χ0v) is 7.18. The zero-order valence-electron chi connectivity index (χ0n) is 7.18. The van der Waals surface area contributed by atoms with Crippen LogP contribution in [0.1, 0.15) is 10.4 Å². The molecule has 0 spiro atoms. The van der Waals surface area contributed by atoms with Gasteiger partial charge in [0.15, 0.2) is 0 Å². The number of carbonyl (C=O) groups is 1. The highest BCUT2D eigenvalue weighted by Crippen LogP contribution is 2.22. The first kappa shape index (κ1) is 8.50. The van der Waals surface area contributed by atoms with E-state index in [4.69, 9.17) is 9.52 Å². The van der Waals surface area contributed by atoms with Gasteiger partial charge < -0.3 is 9.52 Å². The Morgan fingerprint density at radius 2 is 2.29 bits per heavy atom. The fourth-order valence-corrected chi connectivity index (χ4v) is 1.23. The van der Waals surface area contributed by atoms with Crippen LogP contribution in [0, 0.1) is 0 Å². The molecule has 4 nitrogen and oxygen atoms in total. The monoisotopic (exact) mass is 189 g/mol. The number of hydrogen-bond donors (Lipinski definition) is 1. The summed E-state index contributed by atoms with van der Waals surface area (Å²) in [6, 6.07) is 3.36. The van der Waals surface area contributed by atoms with E-state index in [1.54, 1.807) is 18.3 Å². The van der Waals surface area contributed by atoms with E-state index in [1.807, 2.05) is 0 Å². The van der Waals surface area contributed by atoms with Crippen LogP contribution in [-0.4, -0.2) is 16.1 Å². The number of aromatic carboxylic acids is 1. The van der Waals surface area contributed by atoms with Gasteiger partial charge in [-0.05, 0) is 12.1 Å². The van der Waals surface area contributed by atoms with E-state index in [9.17, 15) is 4.79 Å². The summed E-state index contributed by atoms with van der Waals surface area (Å²) in [4.78, 5) is 14.6. The third-order valence-electron chi connectivity index (χ3n) is 1.88. The number of nitrogens with zero attached hydrogens (tertiary/aromatic N) is 1. The minimum Gasteiger partial charge on any atom is -0.478 e. The standard InChI is InChI=1S/C10H7NO3/c12-10(13)9-5-11-3-1-8(9)7-2-4-14-6-7/h1-6H,(H,12,13). The molecule has 2 aromatic heterocycles. The quantitative estimate of drug-likeness (QED) is 0.785. The van der Waals surface area contributed by atoms with Crippen molar-refractivity contribution in [1.29, 1.82) is 0 Å². The minimum atomic E-state index is -0.991. The lowest BCUT2D eigenvalue weighted by Crippen LogP contribution is -1.99. The Kier molecular flexibility index (Phi) is 2.02. The molecule has 0 radical (unpaired) electrons. The molecule has 0 aromatic carbocycles. The third-order valence-corrected chi connectivity index (χ3v) is 1.88. The number of carboxylic acid groups (broad SMARTS) is 1. The molecule has 0 amide bonds. The number of aromatic nitrogens is 1. The Morgan fingerprint density at radius 1 is 1.43 bits per heavy atom. The molecule has 0 atom stereocenters. The Labute approximate surface area is 79.8 Å². The number of hydrogen-bond acceptors (Lipinski definition) is 3. The average Bonchev–Trinajstić information content (AvgIpc) is 2.70. The van der Waals surface area contributed by atoms with E-state index in [0.717, 1.165) is 5.56 Å². The van der Waals surface area contributed by atoms with Crippen molar-refractivity contribution in [1.82, 2.24) is 4.98 Å². The number of carboxylic acids is 1. The van der Waals surface area contributed by atoms with Crippen LogP contribution >= 0.6 is 0 Å². The summed E-state index contributed by atoms with van der Waals surface area (Å²) in [5.74, 6) is -0.991. The molecule has 0 unspecified atom stereocenters. The first-order valence-electron chi connectivity index (χ1n) is 3.99. The molecule has 0 aliphatic rings. The molecule has 0 saturated carbocycles. The molecule has 2 heterocycles. The van der Waals surface area contributed by atoms with Crippen molar-refractivity contribution in [2.75, 3.05) is 0 Å².